The number of hydrogen-bond acceptors (Lipinski definition) is 6. The summed E-state index contributed by atoms with van der Waals surface area (Å²) in [6.45, 7) is 8.71. The molecule has 0 saturated carbocycles. The van der Waals surface area contributed by atoms with Crippen LogP contribution in [0.2, 0.25) is 0 Å². The van der Waals surface area contributed by atoms with E-state index in [1.807, 2.05) is 6.92 Å². The molecule has 9 heteroatoms. The van der Waals surface area contributed by atoms with E-state index in [1.165, 1.54) is 18.3 Å². The molecule has 2 aromatic rings. The molecular formula is C19H26N4O4S. The average Bonchev–Trinajstić information content (AvgIpc) is 3.23. The van der Waals surface area contributed by atoms with E-state index < -0.39 is 24.0 Å². The molecule has 152 valence electrons. The van der Waals surface area contributed by atoms with Crippen LogP contribution >= 0.6 is 11.3 Å². The van der Waals surface area contributed by atoms with E-state index in [4.69, 9.17) is 4.74 Å². The molecule has 2 amide bonds. The summed E-state index contributed by atoms with van der Waals surface area (Å²) in [6.07, 6.45) is -1.02. The van der Waals surface area contributed by atoms with E-state index >= 15 is 0 Å². The lowest BCUT2D eigenvalue weighted by molar-refractivity contribution is -0.156. The smallest absolute Gasteiger partial charge is 0.329 e. The molecule has 0 aliphatic rings. The number of carbonyl (C=O) groups excluding carboxylic acids is 3. The van der Waals surface area contributed by atoms with Crippen LogP contribution in [0.15, 0.2) is 17.5 Å². The molecule has 8 nitrogen and oxygen atoms in total. The van der Waals surface area contributed by atoms with Gasteiger partial charge >= 0.3 is 5.97 Å². The van der Waals surface area contributed by atoms with Crippen molar-refractivity contribution < 1.29 is 19.1 Å². The Morgan fingerprint density at radius 2 is 1.89 bits per heavy atom. The molecule has 0 aliphatic carbocycles. The number of aryl methyl sites for hydroxylation is 2. The summed E-state index contributed by atoms with van der Waals surface area (Å²) in [7, 11) is 1.78. The standard InChI is InChI=1S/C19H26N4O4S/c1-10(2)15(20-18(25)14-8-7-9-28-14)19(26)27-13(5)17(24)21-16-11(3)22-23(6)12(16)4/h7-10,13,15H,1-6H3,(H,20,25)(H,21,24)/t13-,15+/m0/s1. The molecule has 0 aromatic carbocycles. The molecule has 0 saturated heterocycles. The van der Waals surface area contributed by atoms with Crippen molar-refractivity contribution in [2.45, 2.75) is 46.8 Å². The lowest BCUT2D eigenvalue weighted by Gasteiger charge is -2.22. The zero-order chi connectivity index (χ0) is 21.0. The predicted molar refractivity (Wildman–Crippen MR) is 107 cm³/mol. The lowest BCUT2D eigenvalue weighted by atomic mass is 10.0. The van der Waals surface area contributed by atoms with Gasteiger partial charge in [-0.05, 0) is 38.1 Å². The predicted octanol–water partition coefficient (Wildman–Crippen LogP) is 2.42. The van der Waals surface area contributed by atoms with E-state index in [9.17, 15) is 14.4 Å². The molecule has 0 bridgehead atoms. The van der Waals surface area contributed by atoms with Crippen LogP contribution in [0.1, 0.15) is 41.8 Å². The molecule has 0 aliphatic heterocycles. The number of amides is 2. The lowest BCUT2D eigenvalue weighted by Crippen LogP contribution is -2.47. The minimum atomic E-state index is -1.02. The number of nitrogens with one attached hydrogen (secondary N) is 2. The van der Waals surface area contributed by atoms with E-state index in [0.717, 1.165) is 5.69 Å². The van der Waals surface area contributed by atoms with Gasteiger partial charge in [0, 0.05) is 7.05 Å². The van der Waals surface area contributed by atoms with Crippen LogP contribution in [0.3, 0.4) is 0 Å². The van der Waals surface area contributed by atoms with Crippen molar-refractivity contribution in [3.05, 3.63) is 33.8 Å². The first-order valence-electron chi connectivity index (χ1n) is 8.97. The number of anilines is 1. The fourth-order valence-corrected chi connectivity index (χ4v) is 3.23. The molecule has 2 atom stereocenters. The van der Waals surface area contributed by atoms with Gasteiger partial charge in [0.15, 0.2) is 6.10 Å². The Bertz CT molecular complexity index is 858. The molecule has 2 heterocycles. The Kier molecular flexibility index (Phi) is 6.95. The third-order valence-corrected chi connectivity index (χ3v) is 5.24. The molecule has 0 radical (unpaired) electrons. The fourth-order valence-electron chi connectivity index (χ4n) is 2.60. The minimum Gasteiger partial charge on any atom is -0.451 e. The zero-order valence-electron chi connectivity index (χ0n) is 16.9. The van der Waals surface area contributed by atoms with Gasteiger partial charge in [-0.1, -0.05) is 19.9 Å². The van der Waals surface area contributed by atoms with Crippen molar-refractivity contribution in [3.8, 4) is 0 Å². The highest BCUT2D eigenvalue weighted by molar-refractivity contribution is 7.12. The van der Waals surface area contributed by atoms with Crippen LogP contribution in [-0.4, -0.2) is 39.7 Å². The summed E-state index contributed by atoms with van der Waals surface area (Å²) in [4.78, 5) is 37.8. The highest BCUT2D eigenvalue weighted by Crippen LogP contribution is 2.19. The fraction of sp³-hybridized carbons (Fsp3) is 0.474. The summed E-state index contributed by atoms with van der Waals surface area (Å²) in [5.74, 6) is -1.65. The maximum Gasteiger partial charge on any atom is 0.329 e. The second kappa shape index (κ2) is 9.01. The number of aromatic nitrogens is 2. The Morgan fingerprint density at radius 1 is 1.21 bits per heavy atom. The topological polar surface area (TPSA) is 102 Å². The van der Waals surface area contributed by atoms with Crippen molar-refractivity contribution in [1.29, 1.82) is 0 Å². The van der Waals surface area contributed by atoms with Crippen molar-refractivity contribution in [2.75, 3.05) is 5.32 Å². The highest BCUT2D eigenvalue weighted by Gasteiger charge is 2.30. The van der Waals surface area contributed by atoms with Crippen LogP contribution in [0.25, 0.3) is 0 Å². The number of ether oxygens (including phenoxy) is 1. The molecule has 0 fully saturated rings. The van der Waals surface area contributed by atoms with Gasteiger partial charge in [0.05, 0.1) is 22.0 Å². The van der Waals surface area contributed by atoms with E-state index in [-0.39, 0.29) is 11.8 Å². The Balaban J connectivity index is 2.01. The van der Waals surface area contributed by atoms with E-state index in [2.05, 4.69) is 15.7 Å². The van der Waals surface area contributed by atoms with Gasteiger partial charge in [-0.2, -0.15) is 5.10 Å². The maximum atomic E-state index is 12.6. The van der Waals surface area contributed by atoms with Crippen molar-refractivity contribution in [2.24, 2.45) is 13.0 Å². The van der Waals surface area contributed by atoms with Crippen molar-refractivity contribution in [3.63, 3.8) is 0 Å². The monoisotopic (exact) mass is 406 g/mol. The first-order chi connectivity index (χ1) is 13.1. The quantitative estimate of drug-likeness (QED) is 0.688. The van der Waals surface area contributed by atoms with Crippen LogP contribution in [0.4, 0.5) is 5.69 Å². The van der Waals surface area contributed by atoms with Crippen molar-refractivity contribution >= 4 is 34.8 Å². The number of rotatable bonds is 7. The third-order valence-electron chi connectivity index (χ3n) is 4.37. The molecule has 2 N–H and O–H groups in total. The molecule has 2 aromatic heterocycles. The molecule has 2 rings (SSSR count). The van der Waals surface area contributed by atoms with Gasteiger partial charge in [-0.15, -0.1) is 11.3 Å². The Hall–Kier alpha value is -2.68. The molecule has 0 unspecified atom stereocenters. The van der Waals surface area contributed by atoms with Gasteiger partial charge in [-0.3, -0.25) is 14.3 Å². The number of hydrogen-bond donors (Lipinski definition) is 2. The van der Waals surface area contributed by atoms with Gasteiger partial charge in [-0.25, -0.2) is 4.79 Å². The number of carbonyl (C=O) groups is 3. The number of nitrogens with zero attached hydrogens (tertiary/aromatic N) is 2. The second-order valence-electron chi connectivity index (χ2n) is 6.91. The summed E-state index contributed by atoms with van der Waals surface area (Å²) >= 11 is 1.28. The van der Waals surface area contributed by atoms with E-state index in [0.29, 0.717) is 16.3 Å². The second-order valence-corrected chi connectivity index (χ2v) is 7.86. The zero-order valence-corrected chi connectivity index (χ0v) is 17.7. The number of thiophene rings is 1. The third kappa shape index (κ3) is 4.98. The summed E-state index contributed by atoms with van der Waals surface area (Å²) in [6, 6.07) is 2.58. The average molecular weight is 407 g/mol. The summed E-state index contributed by atoms with van der Waals surface area (Å²) < 4.78 is 6.99. The van der Waals surface area contributed by atoms with Crippen LogP contribution in [0.5, 0.6) is 0 Å². The Labute approximate surface area is 168 Å². The van der Waals surface area contributed by atoms with Gasteiger partial charge in [0.25, 0.3) is 11.8 Å². The highest BCUT2D eigenvalue weighted by atomic mass is 32.1. The van der Waals surface area contributed by atoms with E-state index in [1.54, 1.807) is 50.0 Å². The maximum absolute atomic E-state index is 12.6. The summed E-state index contributed by atoms with van der Waals surface area (Å²) in [5.41, 5.74) is 2.07. The minimum absolute atomic E-state index is 0.200. The Morgan fingerprint density at radius 3 is 2.39 bits per heavy atom. The first kappa shape index (κ1) is 21.6. The first-order valence-corrected chi connectivity index (χ1v) is 9.85. The van der Waals surface area contributed by atoms with Crippen LogP contribution in [0, 0.1) is 19.8 Å². The summed E-state index contributed by atoms with van der Waals surface area (Å²) in [5, 5.41) is 11.5. The largest absolute Gasteiger partial charge is 0.451 e. The van der Waals surface area contributed by atoms with Gasteiger partial charge in [0.1, 0.15) is 6.04 Å². The van der Waals surface area contributed by atoms with Crippen molar-refractivity contribution in [1.82, 2.24) is 15.1 Å². The van der Waals surface area contributed by atoms with Crippen LogP contribution in [-0.2, 0) is 21.4 Å². The van der Waals surface area contributed by atoms with Gasteiger partial charge < -0.3 is 15.4 Å². The SMILES string of the molecule is Cc1nn(C)c(C)c1NC(=O)[C@H](C)OC(=O)[C@H](NC(=O)c1cccs1)C(C)C. The molecule has 0 spiro atoms. The molecule has 28 heavy (non-hydrogen) atoms. The van der Waals surface area contributed by atoms with Crippen LogP contribution < -0.4 is 10.6 Å². The van der Waals surface area contributed by atoms with Gasteiger partial charge in [0.2, 0.25) is 0 Å². The molecular weight excluding hydrogens is 380 g/mol. The normalized spacial score (nSPS) is 13.1. The number of esters is 1.